The van der Waals surface area contributed by atoms with Gasteiger partial charge in [0.25, 0.3) is 0 Å². The molecule has 1 heterocycles. The van der Waals surface area contributed by atoms with Gasteiger partial charge < -0.3 is 5.32 Å². The van der Waals surface area contributed by atoms with Crippen molar-refractivity contribution in [2.45, 2.75) is 64.0 Å². The molecule has 2 fully saturated rings. The van der Waals surface area contributed by atoms with Gasteiger partial charge in [0.1, 0.15) is 0 Å². The van der Waals surface area contributed by atoms with Crippen LogP contribution in [0.25, 0.3) is 0 Å². The van der Waals surface area contributed by atoms with Crippen LogP contribution in [0.1, 0.15) is 52.4 Å². The fraction of sp³-hybridized carbons (Fsp3) is 0.917. The number of aliphatic imine (C=N–C) groups is 1. The highest BCUT2D eigenvalue weighted by Crippen LogP contribution is 2.27. The number of hydrogen-bond donors (Lipinski definition) is 1. The van der Waals surface area contributed by atoms with E-state index in [4.69, 9.17) is 4.99 Å². The molecule has 0 spiro atoms. The van der Waals surface area contributed by atoms with Crippen molar-refractivity contribution in [2.24, 2.45) is 4.99 Å². The van der Waals surface area contributed by atoms with Crippen molar-refractivity contribution in [3.05, 3.63) is 0 Å². The molecule has 0 aromatic heterocycles. The molecule has 1 saturated carbocycles. The van der Waals surface area contributed by atoms with Crippen LogP contribution in [0.5, 0.6) is 0 Å². The molecule has 1 aliphatic heterocycles. The molecule has 2 rings (SSSR count). The van der Waals surface area contributed by atoms with Gasteiger partial charge in [-0.1, -0.05) is 31.5 Å². The van der Waals surface area contributed by atoms with Crippen molar-refractivity contribution < 1.29 is 0 Å². The molecule has 2 nitrogen and oxygen atoms in total. The monoisotopic (exact) mass is 226 g/mol. The zero-order valence-corrected chi connectivity index (χ0v) is 10.7. The summed E-state index contributed by atoms with van der Waals surface area (Å²) in [6.07, 6.45) is 7.80. The number of hydrogen-bond acceptors (Lipinski definition) is 2. The number of amidine groups is 1. The van der Waals surface area contributed by atoms with E-state index in [1.54, 1.807) is 0 Å². The zero-order valence-electron chi connectivity index (χ0n) is 9.88. The van der Waals surface area contributed by atoms with Gasteiger partial charge in [-0.3, -0.25) is 4.99 Å². The summed E-state index contributed by atoms with van der Waals surface area (Å²) in [6.45, 7) is 4.58. The maximum Gasteiger partial charge on any atom is 0.157 e. The van der Waals surface area contributed by atoms with Crippen molar-refractivity contribution in [1.82, 2.24) is 5.32 Å². The maximum atomic E-state index is 4.85. The minimum atomic E-state index is 0.294. The van der Waals surface area contributed by atoms with E-state index in [9.17, 15) is 0 Å². The van der Waals surface area contributed by atoms with Crippen LogP contribution in [-0.4, -0.2) is 22.5 Å². The van der Waals surface area contributed by atoms with Gasteiger partial charge in [0.2, 0.25) is 0 Å². The van der Waals surface area contributed by atoms with Gasteiger partial charge in [-0.05, 0) is 32.6 Å². The molecule has 1 aliphatic carbocycles. The van der Waals surface area contributed by atoms with Crippen LogP contribution in [0.4, 0.5) is 0 Å². The third-order valence-corrected chi connectivity index (χ3v) is 4.60. The molecular formula is C12H22N2S. The van der Waals surface area contributed by atoms with E-state index in [-0.39, 0.29) is 0 Å². The number of thioether (sulfide) groups is 1. The Kier molecular flexibility index (Phi) is 3.60. The van der Waals surface area contributed by atoms with Crippen molar-refractivity contribution in [1.29, 1.82) is 0 Å². The van der Waals surface area contributed by atoms with Crippen molar-refractivity contribution in [3.63, 3.8) is 0 Å². The Morgan fingerprint density at radius 2 is 2.20 bits per heavy atom. The predicted octanol–water partition coefficient (Wildman–Crippen LogP) is 3.18. The van der Waals surface area contributed by atoms with Crippen molar-refractivity contribution in [2.75, 3.05) is 5.75 Å². The summed E-state index contributed by atoms with van der Waals surface area (Å²) in [5.74, 6) is 1.23. The van der Waals surface area contributed by atoms with Gasteiger partial charge in [-0.2, -0.15) is 0 Å². The molecule has 0 radical (unpaired) electrons. The minimum absolute atomic E-state index is 0.294. The number of nitrogens with one attached hydrogen (secondary N) is 1. The van der Waals surface area contributed by atoms with E-state index in [0.29, 0.717) is 11.6 Å². The molecule has 3 heteroatoms. The Labute approximate surface area is 97.3 Å². The average Bonchev–Trinajstić information content (AvgIpc) is 2.71. The lowest BCUT2D eigenvalue weighted by Crippen LogP contribution is -2.48. The molecule has 1 unspecified atom stereocenters. The van der Waals surface area contributed by atoms with Crippen molar-refractivity contribution in [3.8, 4) is 0 Å². The van der Waals surface area contributed by atoms with E-state index < -0.39 is 0 Å². The molecular weight excluding hydrogens is 204 g/mol. The topological polar surface area (TPSA) is 24.4 Å². The fourth-order valence-electron chi connectivity index (χ4n) is 2.26. The summed E-state index contributed by atoms with van der Waals surface area (Å²) in [4.78, 5) is 4.85. The van der Waals surface area contributed by atoms with Crippen LogP contribution < -0.4 is 5.32 Å². The van der Waals surface area contributed by atoms with E-state index in [1.165, 1.54) is 49.4 Å². The average molecular weight is 226 g/mol. The van der Waals surface area contributed by atoms with E-state index in [1.807, 2.05) is 11.8 Å². The molecule has 1 saturated heterocycles. The highest BCUT2D eigenvalue weighted by atomic mass is 32.2. The highest BCUT2D eigenvalue weighted by Gasteiger charge is 2.28. The van der Waals surface area contributed by atoms with Gasteiger partial charge in [0, 0.05) is 11.3 Å². The first-order valence-electron chi connectivity index (χ1n) is 6.21. The van der Waals surface area contributed by atoms with Gasteiger partial charge in [-0.25, -0.2) is 0 Å². The predicted molar refractivity (Wildman–Crippen MR) is 68.6 cm³/mol. The molecule has 1 atom stereocenters. The van der Waals surface area contributed by atoms with Crippen LogP contribution in [0.2, 0.25) is 0 Å². The maximum absolute atomic E-state index is 4.85. The summed E-state index contributed by atoms with van der Waals surface area (Å²) in [5.41, 5.74) is 0.294. The largest absolute Gasteiger partial charge is 0.360 e. The summed E-state index contributed by atoms with van der Waals surface area (Å²) in [7, 11) is 0. The lowest BCUT2D eigenvalue weighted by molar-refractivity contribution is 0.389. The Hall–Kier alpha value is -0.180. The lowest BCUT2D eigenvalue weighted by atomic mass is 9.96. The number of nitrogens with zero attached hydrogens (tertiary/aromatic N) is 1. The van der Waals surface area contributed by atoms with Gasteiger partial charge in [0.05, 0.1) is 6.04 Å². The minimum Gasteiger partial charge on any atom is -0.360 e. The molecule has 86 valence electrons. The van der Waals surface area contributed by atoms with E-state index >= 15 is 0 Å². The second-order valence-corrected chi connectivity index (χ2v) is 6.09. The summed E-state index contributed by atoms with van der Waals surface area (Å²) in [5, 5.41) is 4.83. The summed E-state index contributed by atoms with van der Waals surface area (Å²) < 4.78 is 0. The quantitative estimate of drug-likeness (QED) is 0.782. The molecule has 15 heavy (non-hydrogen) atoms. The van der Waals surface area contributed by atoms with Gasteiger partial charge >= 0.3 is 0 Å². The highest BCUT2D eigenvalue weighted by molar-refractivity contribution is 8.13. The standard InChI is InChI=1S/C12H22N2S/c1-3-12(2)8-9-15-11(14-12)13-10-6-4-5-7-10/h10H,3-9H2,1-2H3,(H,13,14). The second-order valence-electron chi connectivity index (χ2n) is 5.01. The van der Waals surface area contributed by atoms with Crippen LogP contribution in [-0.2, 0) is 0 Å². The Balaban J connectivity index is 1.97. The van der Waals surface area contributed by atoms with Crippen molar-refractivity contribution >= 4 is 16.9 Å². The smallest absolute Gasteiger partial charge is 0.157 e. The Morgan fingerprint density at radius 3 is 2.87 bits per heavy atom. The Bertz CT molecular complexity index is 246. The molecule has 0 amide bonds. The molecule has 2 aliphatic rings. The SMILES string of the molecule is CCC1(C)CCSC(=NC2CCCC2)N1. The van der Waals surface area contributed by atoms with Crippen LogP contribution >= 0.6 is 11.8 Å². The molecule has 0 bridgehead atoms. The second kappa shape index (κ2) is 4.77. The molecule has 0 aromatic carbocycles. The van der Waals surface area contributed by atoms with Crippen LogP contribution in [0.15, 0.2) is 4.99 Å². The number of rotatable bonds is 2. The van der Waals surface area contributed by atoms with E-state index in [0.717, 1.165) is 0 Å². The normalized spacial score (nSPS) is 35.7. The third-order valence-electron chi connectivity index (χ3n) is 3.71. The molecule has 1 N–H and O–H groups in total. The first-order chi connectivity index (χ1) is 7.22. The van der Waals surface area contributed by atoms with Crippen LogP contribution in [0, 0.1) is 0 Å². The van der Waals surface area contributed by atoms with Crippen LogP contribution in [0.3, 0.4) is 0 Å². The Morgan fingerprint density at radius 1 is 1.47 bits per heavy atom. The first kappa shape index (κ1) is 11.3. The van der Waals surface area contributed by atoms with Gasteiger partial charge in [-0.15, -0.1) is 0 Å². The van der Waals surface area contributed by atoms with E-state index in [2.05, 4.69) is 19.2 Å². The first-order valence-corrected chi connectivity index (χ1v) is 7.19. The molecule has 0 aromatic rings. The zero-order chi connectivity index (χ0) is 10.7. The lowest BCUT2D eigenvalue weighted by Gasteiger charge is -2.35. The fourth-order valence-corrected chi connectivity index (χ4v) is 3.55. The third kappa shape index (κ3) is 2.90. The van der Waals surface area contributed by atoms with Gasteiger partial charge in [0.15, 0.2) is 5.17 Å². The summed E-state index contributed by atoms with van der Waals surface area (Å²) in [6, 6.07) is 0.610. The summed E-state index contributed by atoms with van der Waals surface area (Å²) >= 11 is 1.91.